The second kappa shape index (κ2) is 12.7. The van der Waals surface area contributed by atoms with Crippen LogP contribution in [0.3, 0.4) is 0 Å². The molecule has 0 aromatic heterocycles. The Morgan fingerprint density at radius 3 is 2.27 bits per heavy atom. The van der Waals surface area contributed by atoms with E-state index in [0.717, 1.165) is 25.7 Å². The molecule has 0 fully saturated rings. The number of rotatable bonds is 9. The first kappa shape index (κ1) is 20.0. The van der Waals surface area contributed by atoms with Crippen LogP contribution in [0, 0.1) is 5.82 Å². The number of alkyl halides is 1. The van der Waals surface area contributed by atoms with Crippen LogP contribution < -0.4 is 5.32 Å². The molecule has 124 valence electrons. The molecule has 0 aliphatic rings. The third kappa shape index (κ3) is 9.05. The summed E-state index contributed by atoms with van der Waals surface area (Å²) in [7, 11) is 0.500. The topological polar surface area (TPSA) is 66.4 Å². The van der Waals surface area contributed by atoms with Crippen LogP contribution in [0.15, 0.2) is 24.3 Å². The molecule has 0 atom stereocenters. The fourth-order valence-electron chi connectivity index (χ4n) is 1.87. The number of nitrogens with one attached hydrogen (secondary N) is 1. The van der Waals surface area contributed by atoms with Crippen molar-refractivity contribution in [2.24, 2.45) is 0 Å². The first-order valence-corrected chi connectivity index (χ1v) is 7.23. The Hall–Kier alpha value is -1.98. The Labute approximate surface area is 129 Å². The molecule has 0 bridgehead atoms. The Morgan fingerprint density at radius 1 is 1.05 bits per heavy atom. The molecule has 0 spiro atoms. The van der Waals surface area contributed by atoms with E-state index in [9.17, 15) is 18.4 Å². The van der Waals surface area contributed by atoms with E-state index >= 15 is 0 Å². The maximum Gasteiger partial charge on any atom is 0.303 e. The molecule has 0 heterocycles. The molecule has 6 heteroatoms. The normalized spacial score (nSPS) is 9.59. The number of carbonyl (C=O) groups excluding carboxylic acids is 1. The zero-order chi connectivity index (χ0) is 16.8. The SMILES string of the molecule is CF.O=C(O)CCCCCCCNC(=O)c1ccccc1F. The van der Waals surface area contributed by atoms with Crippen molar-refractivity contribution in [2.75, 3.05) is 13.7 Å². The first-order chi connectivity index (χ1) is 10.6. The molecule has 0 saturated heterocycles. The molecule has 0 saturated carbocycles. The number of hydrogen-bond acceptors (Lipinski definition) is 2. The van der Waals surface area contributed by atoms with Crippen molar-refractivity contribution in [3.05, 3.63) is 35.6 Å². The number of carboxylic acid groups (broad SMARTS) is 1. The van der Waals surface area contributed by atoms with E-state index in [1.54, 1.807) is 12.1 Å². The molecule has 0 radical (unpaired) electrons. The molecule has 22 heavy (non-hydrogen) atoms. The van der Waals surface area contributed by atoms with E-state index in [4.69, 9.17) is 5.11 Å². The molecule has 0 aliphatic heterocycles. The van der Waals surface area contributed by atoms with Gasteiger partial charge in [0.25, 0.3) is 5.91 Å². The highest BCUT2D eigenvalue weighted by Gasteiger charge is 2.09. The van der Waals surface area contributed by atoms with Crippen LogP contribution in [-0.4, -0.2) is 30.7 Å². The van der Waals surface area contributed by atoms with E-state index in [0.29, 0.717) is 20.1 Å². The number of benzene rings is 1. The highest BCUT2D eigenvalue weighted by Crippen LogP contribution is 2.07. The predicted octanol–water partition coefficient (Wildman–Crippen LogP) is 3.57. The maximum atomic E-state index is 13.3. The van der Waals surface area contributed by atoms with Crippen LogP contribution in [0.25, 0.3) is 0 Å². The number of unbranched alkanes of at least 4 members (excludes halogenated alkanes) is 4. The summed E-state index contributed by atoms with van der Waals surface area (Å²) in [4.78, 5) is 22.0. The number of halogens is 2. The second-order valence-electron chi connectivity index (χ2n) is 4.65. The van der Waals surface area contributed by atoms with Gasteiger partial charge in [-0.3, -0.25) is 14.0 Å². The van der Waals surface area contributed by atoms with Crippen molar-refractivity contribution in [3.63, 3.8) is 0 Å². The summed E-state index contributed by atoms with van der Waals surface area (Å²) in [5.41, 5.74) is 0.0639. The molecule has 0 unspecified atom stereocenters. The van der Waals surface area contributed by atoms with Gasteiger partial charge in [0, 0.05) is 13.0 Å². The fourth-order valence-corrected chi connectivity index (χ4v) is 1.87. The molecule has 4 nitrogen and oxygen atoms in total. The highest BCUT2D eigenvalue weighted by molar-refractivity contribution is 5.94. The van der Waals surface area contributed by atoms with Crippen LogP contribution in [0.2, 0.25) is 0 Å². The van der Waals surface area contributed by atoms with Gasteiger partial charge in [0.05, 0.1) is 12.7 Å². The number of carboxylic acids is 1. The Balaban J connectivity index is 0.00000211. The summed E-state index contributed by atoms with van der Waals surface area (Å²) in [6, 6.07) is 5.89. The van der Waals surface area contributed by atoms with E-state index in [1.807, 2.05) is 0 Å². The maximum absolute atomic E-state index is 13.3. The quantitative estimate of drug-likeness (QED) is 0.685. The molecule has 2 N–H and O–H groups in total. The molecular formula is C16H23F2NO3. The lowest BCUT2D eigenvalue weighted by Gasteiger charge is -2.06. The Kier molecular flexibility index (Phi) is 11.6. The molecule has 1 aromatic rings. The number of carbonyl (C=O) groups is 2. The van der Waals surface area contributed by atoms with Gasteiger partial charge in [-0.25, -0.2) is 4.39 Å². The largest absolute Gasteiger partial charge is 0.481 e. The highest BCUT2D eigenvalue weighted by atomic mass is 19.1. The van der Waals surface area contributed by atoms with Crippen molar-refractivity contribution >= 4 is 11.9 Å². The van der Waals surface area contributed by atoms with E-state index in [-0.39, 0.29) is 12.0 Å². The van der Waals surface area contributed by atoms with Crippen LogP contribution in [0.4, 0.5) is 8.78 Å². The second-order valence-corrected chi connectivity index (χ2v) is 4.65. The van der Waals surface area contributed by atoms with E-state index < -0.39 is 17.7 Å². The molecular weight excluding hydrogens is 292 g/mol. The van der Waals surface area contributed by atoms with Gasteiger partial charge in [-0.2, -0.15) is 0 Å². The van der Waals surface area contributed by atoms with Crippen molar-refractivity contribution in [1.29, 1.82) is 0 Å². The fraction of sp³-hybridized carbons (Fsp3) is 0.500. The number of hydrogen-bond donors (Lipinski definition) is 2. The standard InChI is InChI=1S/C15H20FNO3.CH3F/c16-13-9-6-5-8-12(13)15(20)17-11-7-3-1-2-4-10-14(18)19;1-2/h5-6,8-9H,1-4,7,10-11H2,(H,17,20)(H,18,19);1H3. The predicted molar refractivity (Wildman–Crippen MR) is 81.1 cm³/mol. The van der Waals surface area contributed by atoms with Crippen molar-refractivity contribution in [2.45, 2.75) is 38.5 Å². The number of amides is 1. The minimum absolute atomic E-state index is 0.0639. The van der Waals surface area contributed by atoms with Gasteiger partial charge < -0.3 is 10.4 Å². The third-order valence-electron chi connectivity index (χ3n) is 2.97. The zero-order valence-electron chi connectivity index (χ0n) is 12.8. The summed E-state index contributed by atoms with van der Waals surface area (Å²) in [6.07, 6.45) is 4.47. The van der Waals surface area contributed by atoms with Gasteiger partial charge >= 0.3 is 5.97 Å². The summed E-state index contributed by atoms with van der Waals surface area (Å²) < 4.78 is 22.8. The van der Waals surface area contributed by atoms with Crippen molar-refractivity contribution in [3.8, 4) is 0 Å². The average molecular weight is 315 g/mol. The van der Waals surface area contributed by atoms with Crippen molar-refractivity contribution < 1.29 is 23.5 Å². The number of aliphatic carboxylic acids is 1. The molecule has 1 amide bonds. The average Bonchev–Trinajstić information content (AvgIpc) is 2.52. The smallest absolute Gasteiger partial charge is 0.303 e. The lowest BCUT2D eigenvalue weighted by molar-refractivity contribution is -0.137. The van der Waals surface area contributed by atoms with E-state index in [1.165, 1.54) is 12.1 Å². The summed E-state index contributed by atoms with van der Waals surface area (Å²) in [5, 5.41) is 11.1. The monoisotopic (exact) mass is 315 g/mol. The van der Waals surface area contributed by atoms with Gasteiger partial charge in [-0.05, 0) is 25.0 Å². The molecule has 1 aromatic carbocycles. The van der Waals surface area contributed by atoms with Gasteiger partial charge in [0.15, 0.2) is 0 Å². The van der Waals surface area contributed by atoms with E-state index in [2.05, 4.69) is 5.32 Å². The van der Waals surface area contributed by atoms with Gasteiger partial charge in [-0.15, -0.1) is 0 Å². The summed E-state index contributed by atoms with van der Waals surface area (Å²) >= 11 is 0. The lowest BCUT2D eigenvalue weighted by Crippen LogP contribution is -2.25. The summed E-state index contributed by atoms with van der Waals surface area (Å²) in [6.45, 7) is 0.506. The minimum atomic E-state index is -0.762. The van der Waals surface area contributed by atoms with Crippen LogP contribution in [-0.2, 0) is 4.79 Å². The van der Waals surface area contributed by atoms with Crippen molar-refractivity contribution in [1.82, 2.24) is 5.32 Å². The molecule has 0 aliphatic carbocycles. The van der Waals surface area contributed by atoms with Crippen LogP contribution in [0.5, 0.6) is 0 Å². The molecule has 1 rings (SSSR count). The zero-order valence-corrected chi connectivity index (χ0v) is 12.8. The lowest BCUT2D eigenvalue weighted by atomic mass is 10.1. The third-order valence-corrected chi connectivity index (χ3v) is 2.97. The van der Waals surface area contributed by atoms with Crippen LogP contribution >= 0.6 is 0 Å². The Bertz CT molecular complexity index is 453. The summed E-state index contributed by atoms with van der Waals surface area (Å²) in [5.74, 6) is -1.67. The van der Waals surface area contributed by atoms with Gasteiger partial charge in [0.1, 0.15) is 5.82 Å². The Morgan fingerprint density at radius 2 is 1.64 bits per heavy atom. The van der Waals surface area contributed by atoms with Gasteiger partial charge in [0.2, 0.25) is 0 Å². The van der Waals surface area contributed by atoms with Crippen LogP contribution in [0.1, 0.15) is 48.9 Å². The first-order valence-electron chi connectivity index (χ1n) is 7.23. The van der Waals surface area contributed by atoms with Gasteiger partial charge in [-0.1, -0.05) is 31.4 Å². The minimum Gasteiger partial charge on any atom is -0.481 e.